The normalized spacial score (nSPS) is 23.1. The first-order valence-electron chi connectivity index (χ1n) is 7.50. The molecule has 1 aliphatic carbocycles. The maximum atomic E-state index is 6.00. The molecule has 2 N–H and O–H groups in total. The van der Waals surface area contributed by atoms with Gasteiger partial charge in [-0.05, 0) is 43.7 Å². The molecule has 20 heavy (non-hydrogen) atoms. The molecule has 1 saturated carbocycles. The Bertz CT molecular complexity index is 568. The van der Waals surface area contributed by atoms with Crippen LogP contribution in [0.5, 0.6) is 0 Å². The Kier molecular flexibility index (Phi) is 4.17. The second-order valence-electron chi connectivity index (χ2n) is 5.47. The topological polar surface area (TPSA) is 55.0 Å². The molecule has 2 aromatic heterocycles. The van der Waals surface area contributed by atoms with Gasteiger partial charge in [0, 0.05) is 12.6 Å². The highest BCUT2D eigenvalue weighted by Crippen LogP contribution is 2.34. The summed E-state index contributed by atoms with van der Waals surface area (Å²) in [6.45, 7) is 3.97. The van der Waals surface area contributed by atoms with E-state index in [1.54, 1.807) is 17.7 Å². The fourth-order valence-corrected chi connectivity index (χ4v) is 4.25. The van der Waals surface area contributed by atoms with Gasteiger partial charge in [-0.15, -0.1) is 11.3 Å². The van der Waals surface area contributed by atoms with Crippen LogP contribution in [0, 0.1) is 5.92 Å². The lowest BCUT2D eigenvalue weighted by Gasteiger charge is -2.40. The third-order valence-electron chi connectivity index (χ3n) is 4.41. The Hall–Kier alpha value is -1.20. The zero-order chi connectivity index (χ0) is 13.9. The van der Waals surface area contributed by atoms with Crippen molar-refractivity contribution >= 4 is 27.4 Å². The van der Waals surface area contributed by atoms with Gasteiger partial charge in [-0.3, -0.25) is 0 Å². The molecule has 2 unspecified atom stereocenters. The van der Waals surface area contributed by atoms with E-state index in [2.05, 4.69) is 33.2 Å². The first-order valence-corrected chi connectivity index (χ1v) is 8.38. The summed E-state index contributed by atoms with van der Waals surface area (Å²) >= 11 is 1.73. The minimum atomic E-state index is 0.527. The van der Waals surface area contributed by atoms with Gasteiger partial charge in [0.2, 0.25) is 0 Å². The van der Waals surface area contributed by atoms with Crippen molar-refractivity contribution in [1.29, 1.82) is 0 Å². The van der Waals surface area contributed by atoms with Gasteiger partial charge in [0.25, 0.3) is 0 Å². The molecule has 2 heterocycles. The lowest BCUT2D eigenvalue weighted by Crippen LogP contribution is -2.45. The van der Waals surface area contributed by atoms with E-state index in [1.165, 1.54) is 30.4 Å². The number of hydrogen-bond acceptors (Lipinski definition) is 5. The molecular formula is C15H22N4S. The Balaban J connectivity index is 1.98. The third kappa shape index (κ3) is 2.40. The number of aromatic nitrogens is 2. The molecule has 2 atom stereocenters. The van der Waals surface area contributed by atoms with Gasteiger partial charge >= 0.3 is 0 Å². The molecule has 0 radical (unpaired) electrons. The van der Waals surface area contributed by atoms with Gasteiger partial charge in [0.15, 0.2) is 0 Å². The lowest BCUT2D eigenvalue weighted by atomic mass is 9.83. The molecule has 5 heteroatoms. The van der Waals surface area contributed by atoms with Gasteiger partial charge < -0.3 is 10.6 Å². The summed E-state index contributed by atoms with van der Waals surface area (Å²) in [5, 5.41) is 2.10. The highest BCUT2D eigenvalue weighted by atomic mass is 32.1. The average molecular weight is 290 g/mol. The average Bonchev–Trinajstić information content (AvgIpc) is 2.98. The number of anilines is 1. The molecule has 4 nitrogen and oxygen atoms in total. The van der Waals surface area contributed by atoms with Crippen molar-refractivity contribution in [3.63, 3.8) is 0 Å². The van der Waals surface area contributed by atoms with Crippen molar-refractivity contribution in [3.8, 4) is 0 Å². The van der Waals surface area contributed by atoms with Crippen LogP contribution in [0.2, 0.25) is 0 Å². The number of fused-ring (bicyclic) bond motifs is 1. The first kappa shape index (κ1) is 13.8. The molecule has 0 spiro atoms. The van der Waals surface area contributed by atoms with Crippen molar-refractivity contribution in [2.45, 2.75) is 38.6 Å². The first-order chi connectivity index (χ1) is 9.85. The second-order valence-corrected chi connectivity index (χ2v) is 6.38. The summed E-state index contributed by atoms with van der Waals surface area (Å²) in [7, 11) is 0. The minimum absolute atomic E-state index is 0.527. The molecule has 1 aliphatic rings. The van der Waals surface area contributed by atoms with Crippen molar-refractivity contribution in [3.05, 3.63) is 17.8 Å². The summed E-state index contributed by atoms with van der Waals surface area (Å²) in [4.78, 5) is 11.4. The largest absolute Gasteiger partial charge is 0.352 e. The van der Waals surface area contributed by atoms with Crippen LogP contribution in [-0.2, 0) is 0 Å². The number of hydrogen-bond donors (Lipinski definition) is 1. The van der Waals surface area contributed by atoms with Gasteiger partial charge in [0.05, 0.1) is 10.2 Å². The molecule has 108 valence electrons. The summed E-state index contributed by atoms with van der Waals surface area (Å²) in [6.07, 6.45) is 6.78. The standard InChI is InChI=1S/C15H22N4S/c1-2-19(13-6-4-3-5-11(13)9-16)15-14-12(7-8-20-14)17-10-18-15/h7-8,10-11,13H,2-6,9,16H2,1H3. The molecule has 0 aliphatic heterocycles. The zero-order valence-electron chi connectivity index (χ0n) is 12.0. The SMILES string of the molecule is CCN(c1ncnc2ccsc12)C1CCCCC1CN. The van der Waals surface area contributed by atoms with E-state index in [1.807, 2.05) is 0 Å². The van der Waals surface area contributed by atoms with E-state index in [9.17, 15) is 0 Å². The van der Waals surface area contributed by atoms with Crippen LogP contribution >= 0.6 is 11.3 Å². The second kappa shape index (κ2) is 6.06. The smallest absolute Gasteiger partial charge is 0.150 e. The number of nitrogens with two attached hydrogens (primary N) is 1. The maximum Gasteiger partial charge on any atom is 0.150 e. The number of nitrogens with zero attached hydrogens (tertiary/aromatic N) is 3. The summed E-state index contributed by atoms with van der Waals surface area (Å²) in [5.41, 5.74) is 7.05. The van der Waals surface area contributed by atoms with Crippen LogP contribution in [0.25, 0.3) is 10.2 Å². The quantitative estimate of drug-likeness (QED) is 0.940. The Morgan fingerprint density at radius 2 is 2.20 bits per heavy atom. The molecule has 2 aromatic rings. The molecule has 0 aromatic carbocycles. The zero-order valence-corrected chi connectivity index (χ0v) is 12.8. The van der Waals surface area contributed by atoms with Crippen LogP contribution in [-0.4, -0.2) is 29.1 Å². The number of rotatable bonds is 4. The number of thiophene rings is 1. The lowest BCUT2D eigenvalue weighted by molar-refractivity contribution is 0.300. The Morgan fingerprint density at radius 3 is 3.00 bits per heavy atom. The monoisotopic (exact) mass is 290 g/mol. The van der Waals surface area contributed by atoms with Crippen LogP contribution in [0.4, 0.5) is 5.82 Å². The molecule has 1 fully saturated rings. The van der Waals surface area contributed by atoms with Crippen LogP contribution in [0.15, 0.2) is 17.8 Å². The molecule has 0 amide bonds. The predicted molar refractivity (Wildman–Crippen MR) is 85.2 cm³/mol. The third-order valence-corrected chi connectivity index (χ3v) is 5.31. The van der Waals surface area contributed by atoms with Gasteiger partial charge in [0.1, 0.15) is 12.1 Å². The highest BCUT2D eigenvalue weighted by Gasteiger charge is 2.30. The molecule has 0 bridgehead atoms. The fourth-order valence-electron chi connectivity index (χ4n) is 3.40. The molecular weight excluding hydrogens is 268 g/mol. The van der Waals surface area contributed by atoms with E-state index in [-0.39, 0.29) is 0 Å². The van der Waals surface area contributed by atoms with E-state index < -0.39 is 0 Å². The van der Waals surface area contributed by atoms with E-state index in [4.69, 9.17) is 5.73 Å². The summed E-state index contributed by atoms with van der Waals surface area (Å²) < 4.78 is 1.20. The van der Waals surface area contributed by atoms with Gasteiger partial charge in [-0.2, -0.15) is 0 Å². The van der Waals surface area contributed by atoms with Crippen LogP contribution in [0.1, 0.15) is 32.6 Å². The van der Waals surface area contributed by atoms with Crippen molar-refractivity contribution < 1.29 is 0 Å². The Labute approximate surface area is 124 Å². The van der Waals surface area contributed by atoms with E-state index >= 15 is 0 Å². The van der Waals surface area contributed by atoms with Gasteiger partial charge in [-0.25, -0.2) is 9.97 Å². The molecule has 0 saturated heterocycles. The minimum Gasteiger partial charge on any atom is -0.352 e. The molecule has 3 rings (SSSR count). The highest BCUT2D eigenvalue weighted by molar-refractivity contribution is 7.17. The van der Waals surface area contributed by atoms with Crippen molar-refractivity contribution in [1.82, 2.24) is 9.97 Å². The van der Waals surface area contributed by atoms with Crippen molar-refractivity contribution in [2.75, 3.05) is 18.0 Å². The van der Waals surface area contributed by atoms with Crippen LogP contribution in [0.3, 0.4) is 0 Å². The summed E-state index contributed by atoms with van der Waals surface area (Å²) in [6, 6.07) is 2.60. The van der Waals surface area contributed by atoms with E-state index in [0.29, 0.717) is 12.0 Å². The Morgan fingerprint density at radius 1 is 1.35 bits per heavy atom. The van der Waals surface area contributed by atoms with E-state index in [0.717, 1.165) is 24.4 Å². The van der Waals surface area contributed by atoms with Crippen molar-refractivity contribution in [2.24, 2.45) is 11.7 Å². The predicted octanol–water partition coefficient (Wildman–Crippen LogP) is 3.04. The van der Waals surface area contributed by atoms with Crippen LogP contribution < -0.4 is 10.6 Å². The van der Waals surface area contributed by atoms with Gasteiger partial charge in [-0.1, -0.05) is 12.8 Å². The maximum absolute atomic E-state index is 6.00. The summed E-state index contributed by atoms with van der Waals surface area (Å²) in [5.74, 6) is 1.69. The fraction of sp³-hybridized carbons (Fsp3) is 0.600.